The number of morpholine rings is 1. The minimum Gasteiger partial charge on any atom is -0.381 e. The molecule has 98 valence electrons. The zero-order valence-corrected chi connectivity index (χ0v) is 9.61. The molecule has 4 nitrogen and oxygen atoms in total. The molecule has 0 aromatic carbocycles. The van der Waals surface area contributed by atoms with Gasteiger partial charge in [-0.25, -0.2) is 8.78 Å². The molecule has 2 heterocycles. The van der Waals surface area contributed by atoms with Gasteiger partial charge in [-0.05, 0) is 12.8 Å². The highest BCUT2D eigenvalue weighted by molar-refractivity contribution is 5.79. The van der Waals surface area contributed by atoms with Crippen LogP contribution in [-0.2, 0) is 14.3 Å². The predicted octanol–water partition coefficient (Wildman–Crippen LogP) is 0.905. The topological polar surface area (TPSA) is 38.8 Å². The molecule has 17 heavy (non-hydrogen) atoms. The highest BCUT2D eigenvalue weighted by Crippen LogP contribution is 2.19. The molecular weight excluding hydrogens is 232 g/mol. The maximum Gasteiger partial charge on any atom is 0.266 e. The summed E-state index contributed by atoms with van der Waals surface area (Å²) in [6.07, 6.45) is -2.03. The lowest BCUT2D eigenvalue weighted by atomic mass is 10.0. The first kappa shape index (κ1) is 12.7. The van der Waals surface area contributed by atoms with E-state index < -0.39 is 12.5 Å². The van der Waals surface area contributed by atoms with Gasteiger partial charge >= 0.3 is 0 Å². The molecule has 1 amide bonds. The predicted molar refractivity (Wildman–Crippen MR) is 55.9 cm³/mol. The Morgan fingerprint density at radius 1 is 1.35 bits per heavy atom. The molecule has 0 spiro atoms. The first-order valence-electron chi connectivity index (χ1n) is 5.95. The number of nitrogens with zero attached hydrogens (tertiary/aromatic N) is 1. The van der Waals surface area contributed by atoms with Gasteiger partial charge in [0.1, 0.15) is 6.10 Å². The van der Waals surface area contributed by atoms with Gasteiger partial charge in [0.15, 0.2) is 0 Å². The number of carbonyl (C=O) groups is 1. The third kappa shape index (κ3) is 3.13. The second kappa shape index (κ2) is 5.73. The summed E-state index contributed by atoms with van der Waals surface area (Å²) in [6, 6.07) is 0. The monoisotopic (exact) mass is 249 g/mol. The third-order valence-electron chi connectivity index (χ3n) is 3.20. The average Bonchev–Trinajstić information content (AvgIpc) is 2.39. The Balaban J connectivity index is 1.89. The van der Waals surface area contributed by atoms with Gasteiger partial charge < -0.3 is 14.4 Å². The second-order valence-electron chi connectivity index (χ2n) is 4.44. The molecule has 0 aliphatic carbocycles. The van der Waals surface area contributed by atoms with Gasteiger partial charge in [-0.1, -0.05) is 0 Å². The van der Waals surface area contributed by atoms with Crippen molar-refractivity contribution in [2.75, 3.05) is 32.9 Å². The van der Waals surface area contributed by atoms with Crippen molar-refractivity contribution in [3.63, 3.8) is 0 Å². The van der Waals surface area contributed by atoms with Crippen molar-refractivity contribution in [3.8, 4) is 0 Å². The van der Waals surface area contributed by atoms with Crippen molar-refractivity contribution in [3.05, 3.63) is 0 Å². The van der Waals surface area contributed by atoms with Crippen LogP contribution < -0.4 is 0 Å². The van der Waals surface area contributed by atoms with Gasteiger partial charge in [-0.3, -0.25) is 4.79 Å². The summed E-state index contributed by atoms with van der Waals surface area (Å²) < 4.78 is 35.2. The maximum absolute atomic E-state index is 12.5. The first-order chi connectivity index (χ1) is 8.18. The van der Waals surface area contributed by atoms with Crippen LogP contribution in [0.5, 0.6) is 0 Å². The van der Waals surface area contributed by atoms with E-state index in [1.54, 1.807) is 0 Å². The summed E-state index contributed by atoms with van der Waals surface area (Å²) in [7, 11) is 0. The number of ether oxygens (including phenoxy) is 2. The van der Waals surface area contributed by atoms with E-state index in [0.717, 1.165) is 12.8 Å². The molecule has 0 saturated carbocycles. The Kier molecular flexibility index (Phi) is 4.28. The molecule has 2 aliphatic rings. The first-order valence-corrected chi connectivity index (χ1v) is 5.95. The largest absolute Gasteiger partial charge is 0.381 e. The Morgan fingerprint density at radius 2 is 2.18 bits per heavy atom. The molecule has 6 heteroatoms. The van der Waals surface area contributed by atoms with Gasteiger partial charge in [0.05, 0.1) is 25.7 Å². The SMILES string of the molecule is O=C([C@H]1CCCOC1)N1CCO[C@H](C(F)F)C1. The van der Waals surface area contributed by atoms with Crippen LogP contribution in [0.2, 0.25) is 0 Å². The molecule has 0 bridgehead atoms. The maximum atomic E-state index is 12.5. The van der Waals surface area contributed by atoms with Gasteiger partial charge in [0.25, 0.3) is 6.43 Å². The highest BCUT2D eigenvalue weighted by atomic mass is 19.3. The fourth-order valence-corrected chi connectivity index (χ4v) is 2.22. The van der Waals surface area contributed by atoms with Gasteiger partial charge in [-0.15, -0.1) is 0 Å². The normalized spacial score (nSPS) is 30.6. The molecule has 0 aromatic rings. The number of hydrogen-bond donors (Lipinski definition) is 0. The number of rotatable bonds is 2. The van der Waals surface area contributed by atoms with Crippen LogP contribution in [0, 0.1) is 5.92 Å². The van der Waals surface area contributed by atoms with Crippen LogP contribution >= 0.6 is 0 Å². The van der Waals surface area contributed by atoms with Gasteiger partial charge in [0.2, 0.25) is 5.91 Å². The fraction of sp³-hybridized carbons (Fsp3) is 0.909. The zero-order chi connectivity index (χ0) is 12.3. The lowest BCUT2D eigenvalue weighted by Gasteiger charge is -2.35. The van der Waals surface area contributed by atoms with E-state index in [0.29, 0.717) is 19.8 Å². The van der Waals surface area contributed by atoms with E-state index in [9.17, 15) is 13.6 Å². The van der Waals surface area contributed by atoms with Crippen LogP contribution in [0.25, 0.3) is 0 Å². The molecule has 2 fully saturated rings. The quantitative estimate of drug-likeness (QED) is 0.730. The van der Waals surface area contributed by atoms with Crippen LogP contribution in [0.4, 0.5) is 8.78 Å². The van der Waals surface area contributed by atoms with Crippen molar-refractivity contribution in [2.45, 2.75) is 25.4 Å². The Morgan fingerprint density at radius 3 is 2.82 bits per heavy atom. The summed E-state index contributed by atoms with van der Waals surface area (Å²) >= 11 is 0. The molecular formula is C11H17F2NO3. The Hall–Kier alpha value is -0.750. The van der Waals surface area contributed by atoms with E-state index in [4.69, 9.17) is 9.47 Å². The lowest BCUT2D eigenvalue weighted by Crippen LogP contribution is -2.50. The highest BCUT2D eigenvalue weighted by Gasteiger charge is 2.33. The van der Waals surface area contributed by atoms with Gasteiger partial charge in [0, 0.05) is 13.2 Å². The third-order valence-corrected chi connectivity index (χ3v) is 3.20. The standard InChI is InChI=1S/C11H17F2NO3/c12-10(13)9-6-14(3-5-17-9)11(15)8-2-1-4-16-7-8/h8-10H,1-7H2/t8-,9-/m0/s1. The molecule has 0 unspecified atom stereocenters. The average molecular weight is 249 g/mol. The van der Waals surface area contributed by atoms with Crippen molar-refractivity contribution in [2.24, 2.45) is 5.92 Å². The zero-order valence-electron chi connectivity index (χ0n) is 9.61. The van der Waals surface area contributed by atoms with E-state index in [-0.39, 0.29) is 25.0 Å². The summed E-state index contributed by atoms with van der Waals surface area (Å²) in [5.74, 6) is -0.237. The molecule has 0 aromatic heterocycles. The number of carbonyl (C=O) groups excluding carboxylic acids is 1. The second-order valence-corrected chi connectivity index (χ2v) is 4.44. The van der Waals surface area contributed by atoms with Crippen molar-refractivity contribution < 1.29 is 23.0 Å². The van der Waals surface area contributed by atoms with Crippen molar-refractivity contribution >= 4 is 5.91 Å². The molecule has 2 rings (SSSR count). The van der Waals surface area contributed by atoms with E-state index in [2.05, 4.69) is 0 Å². The number of halogens is 2. The Labute approximate surface area is 98.9 Å². The summed E-state index contributed by atoms with van der Waals surface area (Å²) in [4.78, 5) is 13.6. The van der Waals surface area contributed by atoms with Crippen LogP contribution in [0.3, 0.4) is 0 Å². The summed E-state index contributed by atoms with van der Waals surface area (Å²) in [6.45, 7) is 1.68. The number of amides is 1. The molecule has 2 atom stereocenters. The summed E-state index contributed by atoms with van der Waals surface area (Å²) in [5.41, 5.74) is 0. The minimum absolute atomic E-state index is 0.00694. The minimum atomic E-state index is -2.53. The number of alkyl halides is 2. The van der Waals surface area contributed by atoms with E-state index in [1.807, 2.05) is 0 Å². The molecule has 2 saturated heterocycles. The molecule has 0 N–H and O–H groups in total. The van der Waals surface area contributed by atoms with Crippen LogP contribution in [0.1, 0.15) is 12.8 Å². The molecule has 2 aliphatic heterocycles. The fourth-order valence-electron chi connectivity index (χ4n) is 2.22. The lowest BCUT2D eigenvalue weighted by molar-refractivity contribution is -0.154. The van der Waals surface area contributed by atoms with Crippen molar-refractivity contribution in [1.29, 1.82) is 0 Å². The summed E-state index contributed by atoms with van der Waals surface area (Å²) in [5, 5.41) is 0. The molecule has 0 radical (unpaired) electrons. The van der Waals surface area contributed by atoms with Crippen LogP contribution in [-0.4, -0.2) is 56.2 Å². The Bertz CT molecular complexity index is 269. The van der Waals surface area contributed by atoms with Crippen LogP contribution in [0.15, 0.2) is 0 Å². The van der Waals surface area contributed by atoms with Crippen molar-refractivity contribution in [1.82, 2.24) is 4.90 Å². The van der Waals surface area contributed by atoms with E-state index in [1.165, 1.54) is 4.90 Å². The number of hydrogen-bond acceptors (Lipinski definition) is 3. The van der Waals surface area contributed by atoms with Gasteiger partial charge in [-0.2, -0.15) is 0 Å². The van der Waals surface area contributed by atoms with E-state index >= 15 is 0 Å². The smallest absolute Gasteiger partial charge is 0.266 e.